The number of hydrogen-bond acceptors (Lipinski definition) is 4. The van der Waals surface area contributed by atoms with Crippen molar-refractivity contribution in [3.63, 3.8) is 0 Å². The summed E-state index contributed by atoms with van der Waals surface area (Å²) in [6, 6.07) is 1.90. The Morgan fingerprint density at radius 1 is 1.43 bits per heavy atom. The van der Waals surface area contributed by atoms with Crippen molar-refractivity contribution in [2.24, 2.45) is 5.73 Å². The first-order valence-electron chi connectivity index (χ1n) is 7.03. The van der Waals surface area contributed by atoms with Crippen molar-refractivity contribution in [1.29, 1.82) is 0 Å². The normalized spacial score (nSPS) is 15.3. The molecule has 2 rings (SSSR count). The van der Waals surface area contributed by atoms with Crippen molar-refractivity contribution in [1.82, 2.24) is 10.2 Å². The molecule has 0 atom stereocenters. The van der Waals surface area contributed by atoms with E-state index < -0.39 is 5.91 Å². The molecule has 0 radical (unpaired) electrons. The van der Waals surface area contributed by atoms with Crippen LogP contribution in [0, 0.1) is 0 Å². The first-order chi connectivity index (χ1) is 9.63. The van der Waals surface area contributed by atoms with Crippen LogP contribution >= 0.6 is 23.7 Å². The van der Waals surface area contributed by atoms with E-state index in [1.807, 2.05) is 4.90 Å². The summed E-state index contributed by atoms with van der Waals surface area (Å²) >= 11 is 1.30. The van der Waals surface area contributed by atoms with Gasteiger partial charge >= 0.3 is 0 Å². The molecule has 1 aromatic heterocycles. The molecule has 2 heterocycles. The lowest BCUT2D eigenvalue weighted by Gasteiger charge is -2.34. The lowest BCUT2D eigenvalue weighted by Crippen LogP contribution is -2.46. The molecule has 7 heteroatoms. The van der Waals surface area contributed by atoms with Gasteiger partial charge in [-0.1, -0.05) is 6.92 Å². The van der Waals surface area contributed by atoms with E-state index in [2.05, 4.69) is 12.2 Å². The van der Waals surface area contributed by atoms with Gasteiger partial charge in [0.15, 0.2) is 0 Å². The number of rotatable bonds is 5. The highest BCUT2D eigenvalue weighted by Gasteiger charge is 2.26. The van der Waals surface area contributed by atoms with Gasteiger partial charge in [-0.25, -0.2) is 0 Å². The molecule has 0 aromatic carbocycles. The first kappa shape index (κ1) is 17.9. The van der Waals surface area contributed by atoms with Crippen LogP contribution in [0.1, 0.15) is 46.2 Å². The minimum atomic E-state index is -0.482. The Hall–Kier alpha value is -1.11. The van der Waals surface area contributed by atoms with Crippen LogP contribution in [0.4, 0.5) is 0 Å². The molecule has 0 spiro atoms. The smallest absolute Gasteiger partial charge is 0.264 e. The summed E-state index contributed by atoms with van der Waals surface area (Å²) in [6.07, 6.45) is 2.91. The molecule has 0 aliphatic carbocycles. The van der Waals surface area contributed by atoms with E-state index in [-0.39, 0.29) is 18.3 Å². The zero-order chi connectivity index (χ0) is 14.5. The van der Waals surface area contributed by atoms with Crippen LogP contribution in [0.25, 0.3) is 0 Å². The van der Waals surface area contributed by atoms with Crippen LogP contribution in [-0.2, 0) is 0 Å². The number of thiophene rings is 1. The molecule has 0 saturated carbocycles. The van der Waals surface area contributed by atoms with Crippen LogP contribution in [0.15, 0.2) is 11.4 Å². The molecule has 1 aliphatic heterocycles. The van der Waals surface area contributed by atoms with E-state index >= 15 is 0 Å². The average Bonchev–Trinajstić information content (AvgIpc) is 2.95. The molecule has 1 aromatic rings. The fraction of sp³-hybridized carbons (Fsp3) is 0.571. The minimum absolute atomic E-state index is 0. The van der Waals surface area contributed by atoms with E-state index in [0.717, 1.165) is 38.9 Å². The average molecular weight is 332 g/mol. The number of nitrogens with one attached hydrogen (secondary N) is 1. The second kappa shape index (κ2) is 8.36. The molecule has 5 nitrogen and oxygen atoms in total. The Labute approximate surface area is 135 Å². The highest BCUT2D eigenvalue weighted by atomic mass is 35.5. The predicted molar refractivity (Wildman–Crippen MR) is 87.3 cm³/mol. The number of primary amides is 1. The van der Waals surface area contributed by atoms with Crippen molar-refractivity contribution in [3.05, 3.63) is 21.9 Å². The van der Waals surface area contributed by atoms with Crippen molar-refractivity contribution in [3.8, 4) is 0 Å². The van der Waals surface area contributed by atoms with E-state index in [4.69, 9.17) is 5.73 Å². The molecule has 118 valence electrons. The molecular weight excluding hydrogens is 310 g/mol. The van der Waals surface area contributed by atoms with Gasteiger partial charge in [0.25, 0.3) is 5.91 Å². The van der Waals surface area contributed by atoms with Crippen molar-refractivity contribution >= 4 is 35.6 Å². The number of carbonyl (C=O) groups is 2. The van der Waals surface area contributed by atoms with Gasteiger partial charge in [-0.15, -0.1) is 23.7 Å². The third kappa shape index (κ3) is 4.43. The van der Waals surface area contributed by atoms with Gasteiger partial charge < -0.3 is 16.0 Å². The van der Waals surface area contributed by atoms with E-state index in [9.17, 15) is 9.59 Å². The molecule has 2 amide bonds. The highest BCUT2D eigenvalue weighted by molar-refractivity contribution is 7.12. The lowest BCUT2D eigenvalue weighted by molar-refractivity contribution is 0.0647. The molecule has 0 bridgehead atoms. The third-order valence-electron chi connectivity index (χ3n) is 3.57. The second-order valence-corrected chi connectivity index (χ2v) is 5.95. The predicted octanol–water partition coefficient (Wildman–Crippen LogP) is 1.87. The van der Waals surface area contributed by atoms with Gasteiger partial charge in [-0.3, -0.25) is 9.59 Å². The summed E-state index contributed by atoms with van der Waals surface area (Å²) in [6.45, 7) is 4.74. The highest BCUT2D eigenvalue weighted by Crippen LogP contribution is 2.21. The number of nitrogens with two attached hydrogens (primary N) is 1. The SMILES string of the molecule is CCCN(C(=O)c1cc(C(N)=O)cs1)C1CCNCC1.Cl. The zero-order valence-electron chi connectivity index (χ0n) is 12.1. The van der Waals surface area contributed by atoms with Gasteiger partial charge in [0.2, 0.25) is 5.91 Å². The third-order valence-corrected chi connectivity index (χ3v) is 4.49. The second-order valence-electron chi connectivity index (χ2n) is 5.04. The summed E-state index contributed by atoms with van der Waals surface area (Å²) in [7, 11) is 0. The van der Waals surface area contributed by atoms with Crippen LogP contribution < -0.4 is 11.1 Å². The maximum atomic E-state index is 12.6. The van der Waals surface area contributed by atoms with Gasteiger partial charge in [0, 0.05) is 18.0 Å². The number of amides is 2. The summed E-state index contributed by atoms with van der Waals surface area (Å²) in [5, 5.41) is 4.97. The Morgan fingerprint density at radius 3 is 2.62 bits per heavy atom. The zero-order valence-corrected chi connectivity index (χ0v) is 13.8. The summed E-state index contributed by atoms with van der Waals surface area (Å²) in [5.41, 5.74) is 5.66. The summed E-state index contributed by atoms with van der Waals surface area (Å²) in [4.78, 5) is 26.3. The van der Waals surface area contributed by atoms with E-state index in [1.165, 1.54) is 11.3 Å². The fourth-order valence-corrected chi connectivity index (χ4v) is 3.38. The fourth-order valence-electron chi connectivity index (χ4n) is 2.53. The summed E-state index contributed by atoms with van der Waals surface area (Å²) in [5.74, 6) is -0.458. The van der Waals surface area contributed by atoms with Gasteiger partial charge in [-0.05, 0) is 38.4 Å². The molecule has 0 unspecified atom stereocenters. The topological polar surface area (TPSA) is 75.4 Å². The first-order valence-corrected chi connectivity index (χ1v) is 7.91. The van der Waals surface area contributed by atoms with Gasteiger partial charge in [0.1, 0.15) is 0 Å². The van der Waals surface area contributed by atoms with Gasteiger partial charge in [-0.2, -0.15) is 0 Å². The number of hydrogen-bond donors (Lipinski definition) is 2. The molecular formula is C14H22ClN3O2S. The number of halogens is 1. The van der Waals surface area contributed by atoms with E-state index in [0.29, 0.717) is 16.5 Å². The van der Waals surface area contributed by atoms with Crippen LogP contribution in [-0.4, -0.2) is 42.4 Å². The monoisotopic (exact) mass is 331 g/mol. The Balaban J connectivity index is 0.00000220. The Morgan fingerprint density at radius 2 is 2.10 bits per heavy atom. The maximum absolute atomic E-state index is 12.6. The number of nitrogens with zero attached hydrogens (tertiary/aromatic N) is 1. The molecule has 1 aliphatic rings. The molecule has 21 heavy (non-hydrogen) atoms. The molecule has 3 N–H and O–H groups in total. The van der Waals surface area contributed by atoms with Crippen molar-refractivity contribution < 1.29 is 9.59 Å². The van der Waals surface area contributed by atoms with Crippen molar-refractivity contribution in [2.45, 2.75) is 32.2 Å². The minimum Gasteiger partial charge on any atom is -0.366 e. The Bertz CT molecular complexity index is 486. The quantitative estimate of drug-likeness (QED) is 0.865. The summed E-state index contributed by atoms with van der Waals surface area (Å²) < 4.78 is 0. The number of piperidine rings is 1. The van der Waals surface area contributed by atoms with Crippen molar-refractivity contribution in [2.75, 3.05) is 19.6 Å². The van der Waals surface area contributed by atoms with E-state index in [1.54, 1.807) is 11.4 Å². The number of carbonyl (C=O) groups excluding carboxylic acids is 2. The van der Waals surface area contributed by atoms with Crippen LogP contribution in [0.2, 0.25) is 0 Å². The largest absolute Gasteiger partial charge is 0.366 e. The van der Waals surface area contributed by atoms with Gasteiger partial charge in [0.05, 0.1) is 10.4 Å². The van der Waals surface area contributed by atoms with Crippen LogP contribution in [0.5, 0.6) is 0 Å². The maximum Gasteiger partial charge on any atom is 0.264 e. The molecule has 1 saturated heterocycles. The Kier molecular flexibility index (Phi) is 7.14. The lowest BCUT2D eigenvalue weighted by atomic mass is 10.0. The standard InChI is InChI=1S/C14H21N3O2S.ClH/c1-2-7-17(11-3-5-16-6-4-11)14(19)12-8-10(9-20-12)13(15)18;/h8-9,11,16H,2-7H2,1H3,(H2,15,18);1H. The molecule has 1 fully saturated rings. The van der Waals surface area contributed by atoms with Crippen LogP contribution in [0.3, 0.4) is 0 Å².